The molecule has 1 N–H and O–H groups in total. The van der Waals surface area contributed by atoms with Crippen LogP contribution in [0.2, 0.25) is 0 Å². The summed E-state index contributed by atoms with van der Waals surface area (Å²) in [7, 11) is 2.11. The number of nitrogens with zero attached hydrogens (tertiary/aromatic N) is 1. The lowest BCUT2D eigenvalue weighted by Crippen LogP contribution is -2.41. The van der Waals surface area contributed by atoms with Crippen molar-refractivity contribution >= 4 is 5.97 Å². The Kier molecular flexibility index (Phi) is 5.47. The lowest BCUT2D eigenvalue weighted by atomic mass is 9.87. The molecule has 0 unspecified atom stereocenters. The molecule has 0 bridgehead atoms. The molecular formula is C13H27NO2. The molecule has 3 heteroatoms. The Hall–Kier alpha value is -0.570. The zero-order valence-electron chi connectivity index (χ0n) is 11.6. The van der Waals surface area contributed by atoms with Crippen molar-refractivity contribution in [2.45, 2.75) is 59.4 Å². The van der Waals surface area contributed by atoms with Crippen LogP contribution in [-0.2, 0) is 4.79 Å². The first-order chi connectivity index (χ1) is 7.13. The first-order valence-corrected chi connectivity index (χ1v) is 6.08. The van der Waals surface area contributed by atoms with Gasteiger partial charge in [-0.05, 0) is 60.5 Å². The summed E-state index contributed by atoms with van der Waals surface area (Å²) in [6.45, 7) is 11.2. The van der Waals surface area contributed by atoms with E-state index in [1.165, 1.54) is 0 Å². The fourth-order valence-corrected chi connectivity index (χ4v) is 1.44. The monoisotopic (exact) mass is 229 g/mol. The van der Waals surface area contributed by atoms with Gasteiger partial charge in [0.15, 0.2) is 0 Å². The van der Waals surface area contributed by atoms with Crippen molar-refractivity contribution in [1.29, 1.82) is 0 Å². The highest BCUT2D eigenvalue weighted by Gasteiger charge is 2.27. The number of rotatable bonds is 7. The van der Waals surface area contributed by atoms with Crippen LogP contribution in [-0.4, -0.2) is 35.1 Å². The molecule has 96 valence electrons. The minimum Gasteiger partial charge on any atom is -0.481 e. The van der Waals surface area contributed by atoms with Crippen molar-refractivity contribution in [2.24, 2.45) is 5.41 Å². The molecule has 0 atom stereocenters. The molecule has 0 aromatic carbocycles. The summed E-state index contributed by atoms with van der Waals surface area (Å²) in [5.74, 6) is -0.704. The van der Waals surface area contributed by atoms with Crippen LogP contribution in [0, 0.1) is 5.41 Å². The van der Waals surface area contributed by atoms with Gasteiger partial charge in [-0.25, -0.2) is 0 Å². The molecular weight excluding hydrogens is 202 g/mol. The van der Waals surface area contributed by atoms with Crippen LogP contribution in [0.1, 0.15) is 53.9 Å². The van der Waals surface area contributed by atoms with E-state index in [2.05, 4.69) is 32.7 Å². The van der Waals surface area contributed by atoms with Crippen molar-refractivity contribution in [3.8, 4) is 0 Å². The second-order valence-electron chi connectivity index (χ2n) is 5.88. The van der Waals surface area contributed by atoms with Gasteiger partial charge in [-0.15, -0.1) is 0 Å². The molecule has 0 saturated carbocycles. The fourth-order valence-electron chi connectivity index (χ4n) is 1.44. The van der Waals surface area contributed by atoms with Crippen molar-refractivity contribution in [3.05, 3.63) is 0 Å². The van der Waals surface area contributed by atoms with E-state index in [9.17, 15) is 4.79 Å². The summed E-state index contributed by atoms with van der Waals surface area (Å²) in [6.07, 6.45) is 2.76. The third kappa shape index (κ3) is 4.52. The molecule has 0 spiro atoms. The zero-order chi connectivity index (χ0) is 13.0. The van der Waals surface area contributed by atoms with Crippen LogP contribution in [0.3, 0.4) is 0 Å². The zero-order valence-corrected chi connectivity index (χ0v) is 11.6. The Morgan fingerprint density at radius 3 is 2.12 bits per heavy atom. The fraction of sp³-hybridized carbons (Fsp3) is 0.923. The van der Waals surface area contributed by atoms with Crippen molar-refractivity contribution in [1.82, 2.24) is 4.90 Å². The Morgan fingerprint density at radius 1 is 1.25 bits per heavy atom. The van der Waals surface area contributed by atoms with E-state index in [-0.39, 0.29) is 5.54 Å². The lowest BCUT2D eigenvalue weighted by molar-refractivity contribution is -0.147. The first kappa shape index (κ1) is 15.4. The van der Waals surface area contributed by atoms with E-state index in [4.69, 9.17) is 5.11 Å². The van der Waals surface area contributed by atoms with Crippen LogP contribution in [0.15, 0.2) is 0 Å². The third-order valence-electron chi connectivity index (χ3n) is 3.77. The molecule has 0 rings (SSSR count). The molecule has 3 nitrogen and oxygen atoms in total. The van der Waals surface area contributed by atoms with Crippen LogP contribution in [0.4, 0.5) is 0 Å². The minimum absolute atomic E-state index is 0.202. The molecule has 16 heavy (non-hydrogen) atoms. The van der Waals surface area contributed by atoms with Gasteiger partial charge in [0.1, 0.15) is 0 Å². The first-order valence-electron chi connectivity index (χ1n) is 6.08. The SMILES string of the molecule is CCC(C)(C)N(C)CCCC(C)(C)C(=O)O. The summed E-state index contributed by atoms with van der Waals surface area (Å²) in [5.41, 5.74) is -0.398. The van der Waals surface area contributed by atoms with E-state index in [1.807, 2.05) is 0 Å². The van der Waals surface area contributed by atoms with Crippen molar-refractivity contribution in [2.75, 3.05) is 13.6 Å². The number of carboxylic acid groups (broad SMARTS) is 1. The number of hydrogen-bond acceptors (Lipinski definition) is 2. The van der Waals surface area contributed by atoms with Crippen molar-refractivity contribution < 1.29 is 9.90 Å². The summed E-state index contributed by atoms with van der Waals surface area (Å²) < 4.78 is 0. The van der Waals surface area contributed by atoms with E-state index in [1.54, 1.807) is 13.8 Å². The number of carbonyl (C=O) groups is 1. The standard InChI is InChI=1S/C13H27NO2/c1-7-13(4,5)14(6)10-8-9-12(2,3)11(15)16/h7-10H2,1-6H3,(H,15,16). The quantitative estimate of drug-likeness (QED) is 0.729. The second kappa shape index (κ2) is 5.67. The topological polar surface area (TPSA) is 40.5 Å². The Labute approximate surface area is 99.8 Å². The summed E-state index contributed by atoms with van der Waals surface area (Å²) in [5, 5.41) is 9.00. The Bertz CT molecular complexity index is 234. The molecule has 0 fully saturated rings. The van der Waals surface area contributed by atoms with Gasteiger partial charge >= 0.3 is 5.97 Å². The van der Waals surface area contributed by atoms with Crippen LogP contribution >= 0.6 is 0 Å². The minimum atomic E-state index is -0.704. The van der Waals surface area contributed by atoms with Gasteiger partial charge in [0.2, 0.25) is 0 Å². The number of hydrogen-bond donors (Lipinski definition) is 1. The average Bonchev–Trinajstić information content (AvgIpc) is 2.17. The highest BCUT2D eigenvalue weighted by atomic mass is 16.4. The summed E-state index contributed by atoms with van der Waals surface area (Å²) in [4.78, 5) is 13.2. The van der Waals surface area contributed by atoms with E-state index in [0.717, 1.165) is 25.8 Å². The van der Waals surface area contributed by atoms with Gasteiger partial charge in [0.25, 0.3) is 0 Å². The second-order valence-corrected chi connectivity index (χ2v) is 5.88. The predicted octanol–water partition coefficient (Wildman–Crippen LogP) is 3.00. The highest BCUT2D eigenvalue weighted by molar-refractivity contribution is 5.73. The molecule has 0 heterocycles. The predicted molar refractivity (Wildman–Crippen MR) is 67.7 cm³/mol. The maximum Gasteiger partial charge on any atom is 0.309 e. The Morgan fingerprint density at radius 2 is 1.75 bits per heavy atom. The van der Waals surface area contributed by atoms with Gasteiger partial charge in [0, 0.05) is 5.54 Å². The van der Waals surface area contributed by atoms with Gasteiger partial charge in [-0.3, -0.25) is 4.79 Å². The molecule has 0 amide bonds. The van der Waals surface area contributed by atoms with Gasteiger partial charge in [-0.1, -0.05) is 6.92 Å². The van der Waals surface area contributed by atoms with E-state index in [0.29, 0.717) is 0 Å². The molecule has 0 radical (unpaired) electrons. The van der Waals surface area contributed by atoms with Crippen molar-refractivity contribution in [3.63, 3.8) is 0 Å². The maximum atomic E-state index is 10.9. The van der Waals surface area contributed by atoms with Gasteiger partial charge in [-0.2, -0.15) is 0 Å². The van der Waals surface area contributed by atoms with Gasteiger partial charge < -0.3 is 10.0 Å². The number of carboxylic acids is 1. The summed E-state index contributed by atoms with van der Waals surface area (Å²) in [6, 6.07) is 0. The summed E-state index contributed by atoms with van der Waals surface area (Å²) >= 11 is 0. The smallest absolute Gasteiger partial charge is 0.309 e. The largest absolute Gasteiger partial charge is 0.481 e. The Balaban J connectivity index is 4.05. The molecule has 0 aromatic heterocycles. The van der Waals surface area contributed by atoms with E-state index < -0.39 is 11.4 Å². The molecule has 0 aliphatic heterocycles. The van der Waals surface area contributed by atoms with Gasteiger partial charge in [0.05, 0.1) is 5.41 Å². The lowest BCUT2D eigenvalue weighted by Gasteiger charge is -2.35. The maximum absolute atomic E-state index is 10.9. The van der Waals surface area contributed by atoms with Crippen LogP contribution < -0.4 is 0 Å². The molecule has 0 saturated heterocycles. The molecule has 0 aliphatic rings. The highest BCUT2D eigenvalue weighted by Crippen LogP contribution is 2.24. The van der Waals surface area contributed by atoms with E-state index >= 15 is 0 Å². The average molecular weight is 229 g/mol. The van der Waals surface area contributed by atoms with Crippen LogP contribution in [0.5, 0.6) is 0 Å². The molecule has 0 aliphatic carbocycles. The normalized spacial score (nSPS) is 13.2. The molecule has 0 aromatic rings. The van der Waals surface area contributed by atoms with Crippen LogP contribution in [0.25, 0.3) is 0 Å². The number of aliphatic carboxylic acids is 1. The third-order valence-corrected chi connectivity index (χ3v) is 3.77.